The van der Waals surface area contributed by atoms with Gasteiger partial charge in [0, 0.05) is 0 Å². The van der Waals surface area contributed by atoms with Crippen LogP contribution in [0, 0.1) is 0 Å². The van der Waals surface area contributed by atoms with E-state index in [0.717, 1.165) is 10.8 Å². The van der Waals surface area contributed by atoms with Crippen LogP contribution in [0.25, 0.3) is 10.8 Å². The number of benzene rings is 2. The maximum Gasteiger partial charge on any atom is 0.261 e. The monoisotopic (exact) mass is 485 g/mol. The van der Waals surface area contributed by atoms with Crippen LogP contribution in [-0.4, -0.2) is 69.5 Å². The van der Waals surface area contributed by atoms with E-state index in [1.165, 1.54) is 0 Å². The van der Waals surface area contributed by atoms with Crippen LogP contribution in [0.1, 0.15) is 20.7 Å². The topological polar surface area (TPSA) is 209 Å². The van der Waals surface area contributed by atoms with Gasteiger partial charge in [-0.15, -0.1) is 0 Å². The molecule has 0 saturated heterocycles. The van der Waals surface area contributed by atoms with Crippen LogP contribution in [0.3, 0.4) is 0 Å². The quantitative estimate of drug-likeness (QED) is 0.293. The summed E-state index contributed by atoms with van der Waals surface area (Å²) in [6.45, 7) is 0. The van der Waals surface area contributed by atoms with Gasteiger partial charge in [0.15, 0.2) is 0 Å². The Labute approximate surface area is 173 Å². The molecule has 0 aliphatic carbocycles. The summed E-state index contributed by atoms with van der Waals surface area (Å²) in [7, 11) is -11.0. The molecule has 3 rings (SSSR count). The van der Waals surface area contributed by atoms with Gasteiger partial charge in [0.1, 0.15) is 0 Å². The highest BCUT2D eigenvalue weighted by Crippen LogP contribution is 2.25. The Morgan fingerprint density at radius 2 is 1.07 bits per heavy atom. The number of amides is 2. The predicted octanol–water partition coefficient (Wildman–Crippen LogP) is 0.235. The van der Waals surface area contributed by atoms with Gasteiger partial charge in [-0.2, -0.15) is 25.3 Å². The van der Waals surface area contributed by atoms with E-state index in [4.69, 9.17) is 13.7 Å². The Morgan fingerprint density at radius 1 is 0.667 bits per heavy atom. The Kier molecular flexibility index (Phi) is 9.70. The number of rotatable bonds is 0. The predicted molar refractivity (Wildman–Crippen MR) is 108 cm³/mol. The number of carbonyl (C=O) groups excluding carboxylic acids is 2. The lowest BCUT2D eigenvalue weighted by molar-refractivity contribution is 0.0880. The third-order valence-corrected chi connectivity index (χ3v) is 2.63. The molecule has 2 amide bonds. The second-order valence-electron chi connectivity index (χ2n) is 5.69. The van der Waals surface area contributed by atoms with E-state index in [1.807, 2.05) is 30.3 Å². The minimum absolute atomic E-state index is 0.299. The summed E-state index contributed by atoms with van der Waals surface area (Å²) in [5.74, 6) is -0.604. The van der Waals surface area contributed by atoms with Gasteiger partial charge in [0.2, 0.25) is 0 Å². The fourth-order valence-electron chi connectivity index (χ4n) is 1.94. The fourth-order valence-corrected chi connectivity index (χ4v) is 1.94. The van der Waals surface area contributed by atoms with Crippen molar-refractivity contribution in [2.45, 2.75) is 0 Å². The van der Waals surface area contributed by atoms with Crippen molar-refractivity contribution in [2.75, 3.05) is 18.8 Å². The standard InChI is InChI=1S/C12H7NO2.3CH4O3S/c14-11-9-6-5-7-3-1-2-4-8(7)10(9)12(15)13-11;3*1-5(2,3)4/h1-6H,(H,13,14,15);3*1H3,(H,2,3,4). The van der Waals surface area contributed by atoms with Crippen molar-refractivity contribution in [1.29, 1.82) is 0 Å². The van der Waals surface area contributed by atoms with Gasteiger partial charge in [-0.3, -0.25) is 28.6 Å². The van der Waals surface area contributed by atoms with Crippen LogP contribution in [0.2, 0.25) is 0 Å². The molecule has 4 N–H and O–H groups in total. The third kappa shape index (κ3) is 13.7. The first kappa shape index (κ1) is 27.6. The Balaban J connectivity index is 0.000000468. The van der Waals surface area contributed by atoms with Crippen molar-refractivity contribution in [1.82, 2.24) is 5.32 Å². The summed E-state index contributed by atoms with van der Waals surface area (Å²) >= 11 is 0. The molecule has 0 unspecified atom stereocenters. The van der Waals surface area contributed by atoms with E-state index < -0.39 is 30.4 Å². The molecule has 0 aromatic heterocycles. The summed E-state index contributed by atoms with van der Waals surface area (Å²) in [5.41, 5.74) is 0.969. The van der Waals surface area contributed by atoms with Gasteiger partial charge in [-0.1, -0.05) is 30.3 Å². The van der Waals surface area contributed by atoms with E-state index >= 15 is 0 Å². The summed E-state index contributed by atoms with van der Waals surface area (Å²) < 4.78 is 77.6. The fraction of sp³-hybridized carbons (Fsp3) is 0.200. The van der Waals surface area contributed by atoms with Gasteiger partial charge >= 0.3 is 0 Å². The van der Waals surface area contributed by atoms with Crippen molar-refractivity contribution < 1.29 is 48.5 Å². The molecule has 1 aliphatic rings. The number of nitrogens with one attached hydrogen (secondary N) is 1. The van der Waals surface area contributed by atoms with Crippen molar-refractivity contribution in [3.8, 4) is 0 Å². The minimum atomic E-state index is -3.67. The van der Waals surface area contributed by atoms with Gasteiger partial charge in [0.25, 0.3) is 42.2 Å². The molecule has 15 heteroatoms. The molecule has 0 saturated carbocycles. The molecule has 0 radical (unpaired) electrons. The second-order valence-corrected chi connectivity index (χ2v) is 10.1. The van der Waals surface area contributed by atoms with Crippen molar-refractivity contribution in [3.63, 3.8) is 0 Å². The average Bonchev–Trinajstić information content (AvgIpc) is 2.77. The third-order valence-electron chi connectivity index (χ3n) is 2.63. The minimum Gasteiger partial charge on any atom is -0.288 e. The zero-order valence-electron chi connectivity index (χ0n) is 15.8. The lowest BCUT2D eigenvalue weighted by Gasteiger charge is -2.00. The molecule has 30 heavy (non-hydrogen) atoms. The molecule has 0 atom stereocenters. The maximum atomic E-state index is 11.6. The summed E-state index contributed by atoms with van der Waals surface area (Å²) in [4.78, 5) is 22.9. The van der Waals surface area contributed by atoms with Gasteiger partial charge in [-0.25, -0.2) is 0 Å². The van der Waals surface area contributed by atoms with Crippen molar-refractivity contribution in [2.24, 2.45) is 0 Å². The van der Waals surface area contributed by atoms with Gasteiger partial charge in [-0.05, 0) is 16.8 Å². The highest BCUT2D eigenvalue weighted by atomic mass is 32.2. The molecule has 2 aromatic carbocycles. The van der Waals surface area contributed by atoms with E-state index in [-0.39, 0.29) is 11.8 Å². The number of imide groups is 1. The van der Waals surface area contributed by atoms with Gasteiger partial charge in [0.05, 0.1) is 29.9 Å². The van der Waals surface area contributed by atoms with Crippen LogP contribution in [0.4, 0.5) is 0 Å². The van der Waals surface area contributed by atoms with Crippen LogP contribution in [0.5, 0.6) is 0 Å². The zero-order chi connectivity index (χ0) is 23.9. The molecular formula is C15H19NO11S3. The molecule has 0 spiro atoms. The van der Waals surface area contributed by atoms with Crippen LogP contribution in [-0.2, 0) is 30.4 Å². The van der Waals surface area contributed by atoms with Crippen LogP contribution < -0.4 is 5.32 Å². The second kappa shape index (κ2) is 10.6. The summed E-state index contributed by atoms with van der Waals surface area (Å²) in [6.07, 6.45) is 2.15. The first-order chi connectivity index (χ1) is 13.3. The molecular weight excluding hydrogens is 466 g/mol. The largest absolute Gasteiger partial charge is 0.288 e. The first-order valence-corrected chi connectivity index (χ1v) is 13.0. The van der Waals surface area contributed by atoms with E-state index in [9.17, 15) is 34.8 Å². The molecule has 1 aliphatic heterocycles. The number of fused-ring (bicyclic) bond motifs is 3. The molecule has 1 heterocycles. The Bertz CT molecular complexity index is 1150. The van der Waals surface area contributed by atoms with Crippen molar-refractivity contribution in [3.05, 3.63) is 47.5 Å². The molecule has 12 nitrogen and oxygen atoms in total. The Morgan fingerprint density at radius 3 is 1.50 bits per heavy atom. The smallest absolute Gasteiger partial charge is 0.261 e. The Hall–Kier alpha value is -2.43. The highest BCUT2D eigenvalue weighted by Gasteiger charge is 2.28. The molecule has 168 valence electrons. The average molecular weight is 486 g/mol. The number of hydrogen-bond donors (Lipinski definition) is 4. The molecule has 2 aromatic rings. The lowest BCUT2D eigenvalue weighted by Crippen LogP contribution is -2.19. The van der Waals surface area contributed by atoms with E-state index in [2.05, 4.69) is 5.32 Å². The van der Waals surface area contributed by atoms with E-state index in [1.54, 1.807) is 6.07 Å². The molecule has 0 bridgehead atoms. The number of hydrogen-bond acceptors (Lipinski definition) is 8. The van der Waals surface area contributed by atoms with Crippen molar-refractivity contribution >= 4 is 52.9 Å². The summed E-state index contributed by atoms with van der Waals surface area (Å²) in [6, 6.07) is 11.1. The zero-order valence-corrected chi connectivity index (χ0v) is 18.2. The molecule has 0 fully saturated rings. The van der Waals surface area contributed by atoms with E-state index in [0.29, 0.717) is 29.9 Å². The highest BCUT2D eigenvalue weighted by molar-refractivity contribution is 7.85. The normalized spacial score (nSPS) is 12.9. The van der Waals surface area contributed by atoms with Crippen LogP contribution >= 0.6 is 0 Å². The maximum absolute atomic E-state index is 11.6. The lowest BCUT2D eigenvalue weighted by atomic mass is 10.0. The van der Waals surface area contributed by atoms with Gasteiger partial charge < -0.3 is 0 Å². The summed E-state index contributed by atoms with van der Waals surface area (Å²) in [5, 5.41) is 4.10. The number of carbonyl (C=O) groups is 2. The SMILES string of the molecule is CS(=O)(=O)O.CS(=O)(=O)O.CS(=O)(=O)O.O=C1NC(=O)c2c1ccc1ccccc21. The van der Waals surface area contributed by atoms with Crippen LogP contribution in [0.15, 0.2) is 36.4 Å². The first-order valence-electron chi connectivity index (χ1n) is 7.42.